The topological polar surface area (TPSA) is 45.7 Å². The zero-order valence-electron chi connectivity index (χ0n) is 9.30. The highest BCUT2D eigenvalue weighted by atomic mass is 16.5. The van der Waals surface area contributed by atoms with Gasteiger partial charge >= 0.3 is 6.09 Å². The highest BCUT2D eigenvalue weighted by Crippen LogP contribution is 2.12. The van der Waals surface area contributed by atoms with Gasteiger partial charge in [-0.05, 0) is 12.1 Å². The Hall–Kier alpha value is -1.78. The van der Waals surface area contributed by atoms with Crippen molar-refractivity contribution in [3.05, 3.63) is 24.4 Å². The van der Waals surface area contributed by atoms with E-state index in [1.807, 2.05) is 18.2 Å². The lowest BCUT2D eigenvalue weighted by molar-refractivity contribution is 0.121. The van der Waals surface area contributed by atoms with Crippen molar-refractivity contribution in [2.45, 2.75) is 0 Å². The fourth-order valence-electron chi connectivity index (χ4n) is 1.79. The molecule has 86 valence electrons. The summed E-state index contributed by atoms with van der Waals surface area (Å²) in [6.07, 6.45) is 1.53. The number of aromatic nitrogens is 1. The van der Waals surface area contributed by atoms with Gasteiger partial charge in [0.2, 0.25) is 0 Å². The summed E-state index contributed by atoms with van der Waals surface area (Å²) in [5.74, 6) is 0.965. The van der Waals surface area contributed by atoms with Crippen molar-refractivity contribution in [1.82, 2.24) is 9.88 Å². The van der Waals surface area contributed by atoms with Crippen LogP contribution in [0.3, 0.4) is 0 Å². The Kier molecular flexibility index (Phi) is 3.24. The van der Waals surface area contributed by atoms with E-state index in [1.165, 1.54) is 7.11 Å². The first-order valence-corrected chi connectivity index (χ1v) is 5.30. The van der Waals surface area contributed by atoms with Crippen molar-refractivity contribution in [3.63, 3.8) is 0 Å². The van der Waals surface area contributed by atoms with Crippen LogP contribution in [0.1, 0.15) is 0 Å². The third-order valence-corrected chi connectivity index (χ3v) is 2.69. The molecule has 1 aromatic rings. The second-order valence-corrected chi connectivity index (χ2v) is 3.63. The molecule has 2 heterocycles. The maximum absolute atomic E-state index is 11.3. The molecule has 0 unspecified atom stereocenters. The predicted octanol–water partition coefficient (Wildman–Crippen LogP) is 0.970. The number of carbonyl (C=O) groups is 1. The Morgan fingerprint density at radius 1 is 1.31 bits per heavy atom. The summed E-state index contributed by atoms with van der Waals surface area (Å²) in [4.78, 5) is 19.4. The van der Waals surface area contributed by atoms with Crippen LogP contribution in [-0.4, -0.2) is 49.3 Å². The van der Waals surface area contributed by atoms with E-state index in [0.29, 0.717) is 13.1 Å². The molecule has 16 heavy (non-hydrogen) atoms. The molecular formula is C11H15N3O2. The largest absolute Gasteiger partial charge is 0.453 e. The molecular weight excluding hydrogens is 206 g/mol. The molecule has 1 aromatic heterocycles. The molecule has 1 fully saturated rings. The van der Waals surface area contributed by atoms with Crippen LogP contribution in [0.2, 0.25) is 0 Å². The molecule has 1 amide bonds. The molecule has 0 N–H and O–H groups in total. The van der Waals surface area contributed by atoms with Crippen LogP contribution in [0.5, 0.6) is 0 Å². The summed E-state index contributed by atoms with van der Waals surface area (Å²) in [7, 11) is 1.41. The average molecular weight is 221 g/mol. The smallest absolute Gasteiger partial charge is 0.409 e. The number of carbonyl (C=O) groups excluding carboxylic acids is 1. The van der Waals surface area contributed by atoms with Crippen molar-refractivity contribution in [2.24, 2.45) is 0 Å². The summed E-state index contributed by atoms with van der Waals surface area (Å²) in [6, 6.07) is 5.84. The summed E-state index contributed by atoms with van der Waals surface area (Å²) < 4.78 is 4.68. The maximum Gasteiger partial charge on any atom is 0.409 e. The van der Waals surface area contributed by atoms with Crippen molar-refractivity contribution in [2.75, 3.05) is 38.2 Å². The van der Waals surface area contributed by atoms with Gasteiger partial charge in [0, 0.05) is 32.4 Å². The van der Waals surface area contributed by atoms with Gasteiger partial charge in [0.15, 0.2) is 0 Å². The van der Waals surface area contributed by atoms with Crippen molar-refractivity contribution < 1.29 is 9.53 Å². The maximum atomic E-state index is 11.3. The van der Waals surface area contributed by atoms with Crippen LogP contribution < -0.4 is 4.90 Å². The van der Waals surface area contributed by atoms with Crippen molar-refractivity contribution in [1.29, 1.82) is 0 Å². The first-order valence-electron chi connectivity index (χ1n) is 5.30. The van der Waals surface area contributed by atoms with Gasteiger partial charge in [-0.3, -0.25) is 0 Å². The van der Waals surface area contributed by atoms with E-state index < -0.39 is 0 Å². The lowest BCUT2D eigenvalue weighted by atomic mass is 10.3. The highest BCUT2D eigenvalue weighted by molar-refractivity contribution is 5.67. The number of anilines is 1. The number of rotatable bonds is 1. The minimum Gasteiger partial charge on any atom is -0.453 e. The first-order chi connectivity index (χ1) is 7.81. The van der Waals surface area contributed by atoms with E-state index in [-0.39, 0.29) is 6.09 Å². The molecule has 1 saturated heterocycles. The van der Waals surface area contributed by atoms with Gasteiger partial charge in [0.25, 0.3) is 0 Å². The van der Waals surface area contributed by atoms with Crippen molar-refractivity contribution in [3.8, 4) is 0 Å². The zero-order valence-corrected chi connectivity index (χ0v) is 9.30. The van der Waals surface area contributed by atoms with E-state index in [1.54, 1.807) is 11.1 Å². The molecule has 0 saturated carbocycles. The van der Waals surface area contributed by atoms with Gasteiger partial charge in [0.05, 0.1) is 7.11 Å². The normalized spacial score (nSPS) is 16.1. The molecule has 0 aromatic carbocycles. The summed E-state index contributed by atoms with van der Waals surface area (Å²) in [5, 5.41) is 0. The van der Waals surface area contributed by atoms with Crippen molar-refractivity contribution >= 4 is 11.9 Å². The van der Waals surface area contributed by atoms with Crippen LogP contribution in [-0.2, 0) is 4.74 Å². The molecule has 1 aliphatic heterocycles. The quantitative estimate of drug-likeness (QED) is 0.709. The Labute approximate surface area is 94.6 Å². The van der Waals surface area contributed by atoms with E-state index in [2.05, 4.69) is 14.6 Å². The Morgan fingerprint density at radius 2 is 2.06 bits per heavy atom. The first kappa shape index (κ1) is 10.7. The monoisotopic (exact) mass is 221 g/mol. The third-order valence-electron chi connectivity index (χ3n) is 2.69. The van der Waals surface area contributed by atoms with Gasteiger partial charge in [-0.15, -0.1) is 0 Å². The number of ether oxygens (including phenoxy) is 1. The fourth-order valence-corrected chi connectivity index (χ4v) is 1.79. The minimum absolute atomic E-state index is 0.249. The number of amides is 1. The number of hydrogen-bond donors (Lipinski definition) is 0. The van der Waals surface area contributed by atoms with Crippen LogP contribution in [0.15, 0.2) is 24.4 Å². The molecule has 0 spiro atoms. The number of piperazine rings is 1. The summed E-state index contributed by atoms with van der Waals surface area (Å²) in [6.45, 7) is 2.96. The molecule has 0 atom stereocenters. The minimum atomic E-state index is -0.249. The molecule has 5 heteroatoms. The predicted molar refractivity (Wildman–Crippen MR) is 60.4 cm³/mol. The van der Waals surface area contributed by atoms with E-state index in [0.717, 1.165) is 18.9 Å². The van der Waals surface area contributed by atoms with Gasteiger partial charge in [-0.1, -0.05) is 6.07 Å². The number of hydrogen-bond acceptors (Lipinski definition) is 4. The van der Waals surface area contributed by atoms with Gasteiger partial charge < -0.3 is 14.5 Å². The lowest BCUT2D eigenvalue weighted by Gasteiger charge is -2.34. The number of pyridine rings is 1. The average Bonchev–Trinajstić information content (AvgIpc) is 2.39. The Morgan fingerprint density at radius 3 is 2.62 bits per heavy atom. The molecule has 5 nitrogen and oxygen atoms in total. The van der Waals surface area contributed by atoms with Crippen LogP contribution in [0.4, 0.5) is 10.6 Å². The van der Waals surface area contributed by atoms with Crippen LogP contribution >= 0.6 is 0 Å². The van der Waals surface area contributed by atoms with E-state index >= 15 is 0 Å². The van der Waals surface area contributed by atoms with E-state index in [4.69, 9.17) is 0 Å². The van der Waals surface area contributed by atoms with Crippen LogP contribution in [0.25, 0.3) is 0 Å². The van der Waals surface area contributed by atoms with Gasteiger partial charge in [-0.2, -0.15) is 0 Å². The van der Waals surface area contributed by atoms with Gasteiger partial charge in [0.1, 0.15) is 5.82 Å². The third kappa shape index (κ3) is 2.24. The molecule has 0 bridgehead atoms. The standard InChI is InChI=1S/C11H15N3O2/c1-16-11(15)14-8-6-13(7-9-14)10-4-2-3-5-12-10/h2-5H,6-9H2,1H3. The molecule has 0 aliphatic carbocycles. The second kappa shape index (κ2) is 4.83. The molecule has 2 rings (SSSR count). The SMILES string of the molecule is COC(=O)N1CCN(c2ccccn2)CC1. The van der Waals surface area contributed by atoms with Crippen LogP contribution in [0, 0.1) is 0 Å². The Bertz CT molecular complexity index is 348. The number of nitrogens with zero attached hydrogens (tertiary/aromatic N) is 3. The fraction of sp³-hybridized carbons (Fsp3) is 0.455. The zero-order chi connectivity index (χ0) is 11.4. The lowest BCUT2D eigenvalue weighted by Crippen LogP contribution is -2.49. The Balaban J connectivity index is 1.93. The highest BCUT2D eigenvalue weighted by Gasteiger charge is 2.21. The van der Waals surface area contributed by atoms with Gasteiger partial charge in [-0.25, -0.2) is 9.78 Å². The summed E-state index contributed by atoms with van der Waals surface area (Å²) in [5.41, 5.74) is 0. The number of methoxy groups -OCH3 is 1. The second-order valence-electron chi connectivity index (χ2n) is 3.63. The molecule has 0 radical (unpaired) electrons. The van der Waals surface area contributed by atoms with E-state index in [9.17, 15) is 4.79 Å². The summed E-state index contributed by atoms with van der Waals surface area (Å²) >= 11 is 0. The molecule has 1 aliphatic rings.